The molecule has 0 spiro atoms. The third-order valence-corrected chi connectivity index (χ3v) is 4.94. The van der Waals surface area contributed by atoms with Gasteiger partial charge < -0.3 is 33.5 Å². The van der Waals surface area contributed by atoms with Gasteiger partial charge in [-0.1, -0.05) is 0 Å². The van der Waals surface area contributed by atoms with Crippen LogP contribution in [0.3, 0.4) is 0 Å². The van der Waals surface area contributed by atoms with Gasteiger partial charge in [0.25, 0.3) is 17.5 Å². The molecule has 0 atom stereocenters. The minimum absolute atomic E-state index is 0.0127. The predicted molar refractivity (Wildman–Crippen MR) is 110 cm³/mol. The number of amides is 2. The van der Waals surface area contributed by atoms with Crippen molar-refractivity contribution < 1.29 is 38.2 Å². The Morgan fingerprint density at radius 1 is 0.719 bits per heavy atom. The van der Waals surface area contributed by atoms with E-state index in [1.807, 2.05) is 0 Å². The third-order valence-electron chi connectivity index (χ3n) is 4.94. The number of non-ortho nitro benzene ring substituents is 1. The van der Waals surface area contributed by atoms with Gasteiger partial charge in [-0.25, -0.2) is 0 Å². The molecule has 0 radical (unpaired) electrons. The number of hydrogen-bond acceptors (Lipinski definition) is 9. The Morgan fingerprint density at radius 3 is 1.69 bits per heavy atom. The lowest BCUT2D eigenvalue weighted by atomic mass is 10.3. The minimum Gasteiger partial charge on any atom is -0.480 e. The molecule has 0 unspecified atom stereocenters. The van der Waals surface area contributed by atoms with E-state index in [0.29, 0.717) is 59.2 Å². The number of carbonyl (C=O) groups excluding carboxylic acids is 2. The van der Waals surface area contributed by atoms with Crippen LogP contribution in [-0.2, 0) is 23.8 Å². The molecule has 2 heterocycles. The van der Waals surface area contributed by atoms with Crippen LogP contribution in [0.1, 0.15) is 0 Å². The van der Waals surface area contributed by atoms with Gasteiger partial charge in [0.2, 0.25) is 0 Å². The smallest absolute Gasteiger partial charge is 0.273 e. The number of nitrogens with zero attached hydrogens (tertiary/aromatic N) is 3. The molecule has 176 valence electrons. The van der Waals surface area contributed by atoms with E-state index in [-0.39, 0.29) is 48.8 Å². The molecule has 3 rings (SSSR count). The first-order chi connectivity index (χ1) is 15.5. The van der Waals surface area contributed by atoms with Crippen molar-refractivity contribution in [3.05, 3.63) is 28.3 Å². The Labute approximate surface area is 185 Å². The molecule has 0 saturated carbocycles. The molecule has 2 bridgehead atoms. The summed E-state index contributed by atoms with van der Waals surface area (Å²) < 4.78 is 27.9. The fourth-order valence-electron chi connectivity index (χ4n) is 3.15. The summed E-state index contributed by atoms with van der Waals surface area (Å²) in [6, 6.07) is 3.77. The summed E-state index contributed by atoms with van der Waals surface area (Å²) in [6.07, 6.45) is 0. The summed E-state index contributed by atoms with van der Waals surface area (Å²) in [5.74, 6) is -0.480. The van der Waals surface area contributed by atoms with Crippen molar-refractivity contribution in [3.8, 4) is 11.5 Å². The lowest BCUT2D eigenvalue weighted by Gasteiger charge is -2.23. The van der Waals surface area contributed by atoms with Crippen molar-refractivity contribution in [2.45, 2.75) is 0 Å². The van der Waals surface area contributed by atoms with Gasteiger partial charge >= 0.3 is 0 Å². The van der Waals surface area contributed by atoms with E-state index < -0.39 is 4.92 Å². The van der Waals surface area contributed by atoms with E-state index in [4.69, 9.17) is 23.7 Å². The Balaban J connectivity index is 1.87. The van der Waals surface area contributed by atoms with E-state index in [1.165, 1.54) is 18.2 Å². The molecule has 2 amide bonds. The van der Waals surface area contributed by atoms with Gasteiger partial charge in [0, 0.05) is 32.2 Å². The second-order valence-corrected chi connectivity index (χ2v) is 7.06. The number of carbonyl (C=O) groups is 2. The zero-order valence-electron chi connectivity index (χ0n) is 17.7. The molecule has 1 aromatic rings. The molecule has 32 heavy (non-hydrogen) atoms. The quantitative estimate of drug-likeness (QED) is 0.330. The van der Waals surface area contributed by atoms with Crippen molar-refractivity contribution in [1.82, 2.24) is 9.80 Å². The standard InChI is InChI=1S/C20H27N3O9/c24-19-14-31-17-2-1-16(23(26)27)13-18(17)32-15-20(25)22-4-8-28-7-3-21(19)5-9-29-11-12-30-10-6-22/h1-2,13H,3-12,14-15H2. The molecule has 12 heteroatoms. The highest BCUT2D eigenvalue weighted by Gasteiger charge is 2.21. The van der Waals surface area contributed by atoms with Crippen molar-refractivity contribution in [2.75, 3.05) is 79.0 Å². The van der Waals surface area contributed by atoms with Crippen LogP contribution in [0.5, 0.6) is 11.5 Å². The SMILES string of the molecule is O=C1COc2ccc([N+](=O)[O-])cc2OCC(=O)N2CCOCCOCCN1CCOCC2. The average molecular weight is 453 g/mol. The van der Waals surface area contributed by atoms with Crippen LogP contribution in [0.2, 0.25) is 0 Å². The molecule has 0 aliphatic carbocycles. The molecule has 1 aromatic carbocycles. The van der Waals surface area contributed by atoms with E-state index in [9.17, 15) is 19.7 Å². The zero-order chi connectivity index (χ0) is 22.8. The van der Waals surface area contributed by atoms with Crippen LogP contribution in [0.15, 0.2) is 18.2 Å². The summed E-state index contributed by atoms with van der Waals surface area (Å²) >= 11 is 0. The number of nitro groups is 1. The fraction of sp³-hybridized carbons (Fsp3) is 0.600. The first kappa shape index (κ1) is 23.7. The number of hydrogen-bond donors (Lipinski definition) is 0. The van der Waals surface area contributed by atoms with Gasteiger partial charge in [0.05, 0.1) is 50.6 Å². The van der Waals surface area contributed by atoms with E-state index in [0.717, 1.165) is 0 Å². The number of benzene rings is 1. The minimum atomic E-state index is -0.576. The van der Waals surface area contributed by atoms with E-state index in [2.05, 4.69) is 0 Å². The average Bonchev–Trinajstić information content (AvgIpc) is 2.79. The third kappa shape index (κ3) is 7.04. The lowest BCUT2D eigenvalue weighted by Crippen LogP contribution is -2.40. The first-order valence-electron chi connectivity index (χ1n) is 10.4. The molecule has 12 nitrogen and oxygen atoms in total. The molecule has 2 aliphatic heterocycles. The number of nitro benzene ring substituents is 1. The number of fused-ring (bicyclic) bond motifs is 7. The second-order valence-electron chi connectivity index (χ2n) is 7.06. The van der Waals surface area contributed by atoms with Gasteiger partial charge in [0.15, 0.2) is 24.7 Å². The van der Waals surface area contributed by atoms with Gasteiger partial charge in [-0.2, -0.15) is 0 Å². The van der Waals surface area contributed by atoms with Gasteiger partial charge in [0.1, 0.15) is 0 Å². The summed E-state index contributed by atoms with van der Waals surface area (Å²) in [5, 5.41) is 11.2. The predicted octanol–water partition coefficient (Wildman–Crippen LogP) is 0.0866. The Morgan fingerprint density at radius 2 is 1.19 bits per heavy atom. The van der Waals surface area contributed by atoms with E-state index >= 15 is 0 Å². The summed E-state index contributed by atoms with van der Waals surface area (Å²) in [5.41, 5.74) is -0.219. The molecule has 0 N–H and O–H groups in total. The van der Waals surface area contributed by atoms with Crippen LogP contribution in [0.4, 0.5) is 5.69 Å². The van der Waals surface area contributed by atoms with Crippen molar-refractivity contribution in [3.63, 3.8) is 0 Å². The lowest BCUT2D eigenvalue weighted by molar-refractivity contribution is -0.385. The monoisotopic (exact) mass is 453 g/mol. The Hall–Kier alpha value is -2.96. The zero-order valence-corrected chi connectivity index (χ0v) is 17.7. The maximum absolute atomic E-state index is 12.7. The van der Waals surface area contributed by atoms with Gasteiger partial charge in [-0.15, -0.1) is 0 Å². The highest BCUT2D eigenvalue weighted by atomic mass is 16.6. The van der Waals surface area contributed by atoms with Crippen LogP contribution < -0.4 is 9.47 Å². The number of rotatable bonds is 1. The molecular weight excluding hydrogens is 426 g/mol. The largest absolute Gasteiger partial charge is 0.480 e. The van der Waals surface area contributed by atoms with Gasteiger partial charge in [-0.05, 0) is 6.07 Å². The first-order valence-corrected chi connectivity index (χ1v) is 10.4. The van der Waals surface area contributed by atoms with Gasteiger partial charge in [-0.3, -0.25) is 19.7 Å². The van der Waals surface area contributed by atoms with Crippen molar-refractivity contribution in [2.24, 2.45) is 0 Å². The molecule has 1 saturated heterocycles. The highest BCUT2D eigenvalue weighted by molar-refractivity contribution is 5.78. The Kier molecular flexibility index (Phi) is 9.01. The van der Waals surface area contributed by atoms with Crippen LogP contribution in [0.25, 0.3) is 0 Å². The summed E-state index contributed by atoms with van der Waals surface area (Å²) in [4.78, 5) is 39.2. The Bertz CT molecular complexity index is 805. The maximum Gasteiger partial charge on any atom is 0.273 e. The maximum atomic E-state index is 12.7. The van der Waals surface area contributed by atoms with Crippen molar-refractivity contribution in [1.29, 1.82) is 0 Å². The topological polar surface area (TPSA) is 130 Å². The fourth-order valence-corrected chi connectivity index (χ4v) is 3.15. The highest BCUT2D eigenvalue weighted by Crippen LogP contribution is 2.31. The normalized spacial score (nSPS) is 20.0. The summed E-state index contributed by atoms with van der Waals surface area (Å²) in [6.45, 7) is 2.60. The summed E-state index contributed by atoms with van der Waals surface area (Å²) in [7, 11) is 0. The molecule has 2 aliphatic rings. The number of ether oxygens (including phenoxy) is 5. The van der Waals surface area contributed by atoms with Crippen LogP contribution in [0, 0.1) is 10.1 Å². The second kappa shape index (κ2) is 12.2. The van der Waals surface area contributed by atoms with Crippen LogP contribution in [-0.4, -0.2) is 106 Å². The molecule has 1 fully saturated rings. The molecular formula is C20H27N3O9. The van der Waals surface area contributed by atoms with E-state index in [1.54, 1.807) is 9.80 Å². The van der Waals surface area contributed by atoms with Crippen molar-refractivity contribution >= 4 is 17.5 Å². The van der Waals surface area contributed by atoms with Crippen LogP contribution >= 0.6 is 0 Å². The molecule has 0 aromatic heterocycles.